The molecule has 1 aromatic carbocycles. The number of unbranched alkanes of at least 4 members (excludes halogenated alkanes) is 1. The molecular formula is C27H45N3O3S. The van der Waals surface area contributed by atoms with Crippen LogP contribution >= 0.6 is 11.8 Å². The van der Waals surface area contributed by atoms with E-state index in [1.54, 1.807) is 0 Å². The van der Waals surface area contributed by atoms with Gasteiger partial charge in [0.25, 0.3) is 5.56 Å². The van der Waals surface area contributed by atoms with Crippen molar-refractivity contribution < 1.29 is 9.47 Å². The molecule has 1 aromatic heterocycles. The first-order chi connectivity index (χ1) is 16.6. The first-order valence-corrected chi connectivity index (χ1v) is 14.2. The Bertz CT molecular complexity index is 873. The molecule has 0 amide bonds. The summed E-state index contributed by atoms with van der Waals surface area (Å²) in [5.41, 5.74) is 0.640. The van der Waals surface area contributed by atoms with E-state index in [9.17, 15) is 4.79 Å². The highest BCUT2D eigenvalue weighted by Crippen LogP contribution is 2.25. The van der Waals surface area contributed by atoms with Crippen LogP contribution in [0.2, 0.25) is 0 Å². The SMILES string of the molecule is CC.CCCC.CN1CCC(COc2ccc3c(=O)[nH]c(CSC4CCOCC4)nc3c2)CC1. The number of aromatic amines is 1. The van der Waals surface area contributed by atoms with Gasteiger partial charge in [-0.1, -0.05) is 40.5 Å². The Labute approximate surface area is 210 Å². The molecule has 0 spiro atoms. The average Bonchev–Trinajstić information content (AvgIpc) is 2.89. The third-order valence-electron chi connectivity index (χ3n) is 6.17. The van der Waals surface area contributed by atoms with Crippen molar-refractivity contribution in [1.29, 1.82) is 0 Å². The molecule has 7 heteroatoms. The Morgan fingerprint density at radius 2 is 1.79 bits per heavy atom. The van der Waals surface area contributed by atoms with Crippen LogP contribution in [0.4, 0.5) is 0 Å². The maximum absolute atomic E-state index is 12.4. The number of aromatic nitrogens is 2. The second-order valence-electron chi connectivity index (χ2n) is 8.87. The minimum atomic E-state index is -0.0746. The molecule has 2 aliphatic heterocycles. The van der Waals surface area contributed by atoms with E-state index >= 15 is 0 Å². The van der Waals surface area contributed by atoms with Gasteiger partial charge in [-0.05, 0) is 63.9 Å². The van der Waals surface area contributed by atoms with Crippen LogP contribution in [0, 0.1) is 5.92 Å². The van der Waals surface area contributed by atoms with Gasteiger partial charge in [0, 0.05) is 24.5 Å². The minimum Gasteiger partial charge on any atom is -0.493 e. The number of ether oxygens (including phenoxy) is 2. The number of likely N-dealkylation sites (tertiary alicyclic amines) is 1. The largest absolute Gasteiger partial charge is 0.493 e. The lowest BCUT2D eigenvalue weighted by Gasteiger charge is -2.28. The number of fused-ring (bicyclic) bond motifs is 1. The van der Waals surface area contributed by atoms with E-state index in [1.807, 2.05) is 43.8 Å². The summed E-state index contributed by atoms with van der Waals surface area (Å²) in [7, 11) is 2.17. The highest BCUT2D eigenvalue weighted by molar-refractivity contribution is 7.99. The van der Waals surface area contributed by atoms with Gasteiger partial charge in [0.05, 0.1) is 23.3 Å². The normalized spacial score (nSPS) is 17.4. The molecule has 4 rings (SSSR count). The molecule has 0 atom stereocenters. The topological polar surface area (TPSA) is 67.5 Å². The summed E-state index contributed by atoms with van der Waals surface area (Å²) < 4.78 is 11.4. The third kappa shape index (κ3) is 9.59. The molecule has 6 nitrogen and oxygen atoms in total. The van der Waals surface area contributed by atoms with E-state index in [-0.39, 0.29) is 5.56 Å². The molecule has 0 unspecified atom stereocenters. The van der Waals surface area contributed by atoms with E-state index < -0.39 is 0 Å². The van der Waals surface area contributed by atoms with Crippen molar-refractivity contribution in [3.63, 3.8) is 0 Å². The van der Waals surface area contributed by atoms with Crippen molar-refractivity contribution in [3.05, 3.63) is 34.4 Å². The second-order valence-corrected chi connectivity index (χ2v) is 10.2. The van der Waals surface area contributed by atoms with Crippen LogP contribution < -0.4 is 10.3 Å². The zero-order chi connectivity index (χ0) is 24.8. The molecule has 2 aliphatic rings. The fourth-order valence-electron chi connectivity index (χ4n) is 3.81. The van der Waals surface area contributed by atoms with E-state index in [4.69, 9.17) is 14.5 Å². The summed E-state index contributed by atoms with van der Waals surface area (Å²) in [4.78, 5) is 22.4. The Balaban J connectivity index is 0.000000618. The van der Waals surface area contributed by atoms with E-state index in [0.717, 1.165) is 63.1 Å². The first-order valence-electron chi connectivity index (χ1n) is 13.1. The number of piperidine rings is 1. The van der Waals surface area contributed by atoms with Crippen molar-refractivity contribution >= 4 is 22.7 Å². The lowest BCUT2D eigenvalue weighted by atomic mass is 9.98. The van der Waals surface area contributed by atoms with Gasteiger partial charge < -0.3 is 19.4 Å². The van der Waals surface area contributed by atoms with Crippen molar-refractivity contribution in [3.8, 4) is 5.75 Å². The number of nitrogens with zero attached hydrogens (tertiary/aromatic N) is 2. The van der Waals surface area contributed by atoms with E-state index in [0.29, 0.717) is 22.1 Å². The monoisotopic (exact) mass is 491 g/mol. The number of benzene rings is 1. The molecule has 0 saturated carbocycles. The molecule has 2 fully saturated rings. The summed E-state index contributed by atoms with van der Waals surface area (Å²) in [6, 6.07) is 5.60. The Kier molecular flexibility index (Phi) is 13.6. The van der Waals surface area contributed by atoms with Crippen LogP contribution in [0.5, 0.6) is 5.75 Å². The lowest BCUT2D eigenvalue weighted by molar-refractivity contribution is 0.1000. The number of hydrogen-bond donors (Lipinski definition) is 1. The average molecular weight is 492 g/mol. The smallest absolute Gasteiger partial charge is 0.258 e. The number of rotatable bonds is 7. The van der Waals surface area contributed by atoms with Gasteiger partial charge in [0.1, 0.15) is 11.6 Å². The minimum absolute atomic E-state index is 0.0746. The molecule has 1 N–H and O–H groups in total. The number of hydrogen-bond acceptors (Lipinski definition) is 6. The number of thioether (sulfide) groups is 1. The Hall–Kier alpha value is -1.57. The van der Waals surface area contributed by atoms with Crippen molar-refractivity contribution in [2.45, 2.75) is 77.2 Å². The third-order valence-corrected chi connectivity index (χ3v) is 7.56. The standard InChI is InChI=1S/C21H29N3O3S.C4H10.C2H6/c1-24-8-4-15(5-9-24)13-27-16-2-3-18-19(12-16)22-20(23-21(18)25)14-28-17-6-10-26-11-7-17;1-3-4-2;1-2/h2-3,12,15,17H,4-11,13-14H2,1H3,(H,22,23,25);3-4H2,1-2H3;1-2H3. The number of nitrogens with one attached hydrogen (secondary N) is 1. The molecule has 34 heavy (non-hydrogen) atoms. The van der Waals surface area contributed by atoms with Crippen molar-refractivity contribution in [2.75, 3.05) is 40.0 Å². The van der Waals surface area contributed by atoms with Crippen LogP contribution in [0.3, 0.4) is 0 Å². The molecule has 0 bridgehead atoms. The van der Waals surface area contributed by atoms with Gasteiger partial charge >= 0.3 is 0 Å². The molecule has 3 heterocycles. The van der Waals surface area contributed by atoms with E-state index in [1.165, 1.54) is 25.7 Å². The molecule has 2 aromatic rings. The van der Waals surface area contributed by atoms with Crippen LogP contribution in [0.15, 0.2) is 23.0 Å². The van der Waals surface area contributed by atoms with Gasteiger partial charge in [-0.15, -0.1) is 0 Å². The van der Waals surface area contributed by atoms with Gasteiger partial charge in [-0.2, -0.15) is 11.8 Å². The first kappa shape index (κ1) is 28.7. The summed E-state index contributed by atoms with van der Waals surface area (Å²) in [6.07, 6.45) is 7.13. The highest BCUT2D eigenvalue weighted by Gasteiger charge is 2.18. The van der Waals surface area contributed by atoms with Crippen LogP contribution in [-0.2, 0) is 10.5 Å². The van der Waals surface area contributed by atoms with Crippen LogP contribution in [0.25, 0.3) is 10.9 Å². The Morgan fingerprint density at radius 3 is 2.44 bits per heavy atom. The molecular weight excluding hydrogens is 446 g/mol. The summed E-state index contributed by atoms with van der Waals surface area (Å²) in [5.74, 6) is 2.86. The van der Waals surface area contributed by atoms with Gasteiger partial charge in [0.15, 0.2) is 0 Å². The zero-order valence-corrected chi connectivity index (χ0v) is 22.7. The molecule has 2 saturated heterocycles. The van der Waals surface area contributed by atoms with Crippen LogP contribution in [0.1, 0.15) is 72.0 Å². The second kappa shape index (κ2) is 16.2. The summed E-state index contributed by atoms with van der Waals surface area (Å²) in [6.45, 7) is 13.0. The van der Waals surface area contributed by atoms with Crippen molar-refractivity contribution in [2.24, 2.45) is 5.92 Å². The quantitative estimate of drug-likeness (QED) is 0.521. The number of H-pyrrole nitrogens is 1. The summed E-state index contributed by atoms with van der Waals surface area (Å²) >= 11 is 1.85. The molecule has 192 valence electrons. The van der Waals surface area contributed by atoms with E-state index in [2.05, 4.69) is 30.8 Å². The van der Waals surface area contributed by atoms with Gasteiger partial charge in [0.2, 0.25) is 0 Å². The van der Waals surface area contributed by atoms with Gasteiger partial charge in [-0.25, -0.2) is 4.98 Å². The Morgan fingerprint density at radius 1 is 1.12 bits per heavy atom. The van der Waals surface area contributed by atoms with Crippen LogP contribution in [-0.4, -0.2) is 60.1 Å². The fraction of sp³-hybridized carbons (Fsp3) is 0.704. The highest BCUT2D eigenvalue weighted by atomic mass is 32.2. The lowest BCUT2D eigenvalue weighted by Crippen LogP contribution is -2.32. The predicted molar refractivity (Wildman–Crippen MR) is 145 cm³/mol. The summed E-state index contributed by atoms with van der Waals surface area (Å²) in [5, 5.41) is 1.20. The molecule has 0 radical (unpaired) electrons. The predicted octanol–water partition coefficient (Wildman–Crippen LogP) is 5.89. The molecule has 0 aliphatic carbocycles. The van der Waals surface area contributed by atoms with Gasteiger partial charge in [-0.3, -0.25) is 4.79 Å². The maximum Gasteiger partial charge on any atom is 0.258 e. The fourth-order valence-corrected chi connectivity index (χ4v) is 4.86. The zero-order valence-electron chi connectivity index (χ0n) is 21.9. The maximum atomic E-state index is 12.4. The van der Waals surface area contributed by atoms with Crippen molar-refractivity contribution in [1.82, 2.24) is 14.9 Å².